The first-order valence-electron chi connectivity index (χ1n) is 11.1. The maximum absolute atomic E-state index is 13.5. The molecule has 3 aromatic rings. The molecule has 2 aliphatic heterocycles. The lowest BCUT2D eigenvalue weighted by atomic mass is 10.0. The summed E-state index contributed by atoms with van der Waals surface area (Å²) in [4.78, 5) is 16.4. The molecule has 0 aromatic carbocycles. The number of pyridine rings is 1. The second kappa shape index (κ2) is 8.70. The predicted octanol–water partition coefficient (Wildman–Crippen LogP) is 4.36. The molecule has 5 heterocycles. The van der Waals surface area contributed by atoms with Crippen LogP contribution in [0, 0.1) is 0 Å². The zero-order valence-corrected chi connectivity index (χ0v) is 18.7. The van der Waals surface area contributed by atoms with Gasteiger partial charge in [-0.25, -0.2) is 18.7 Å². The highest BCUT2D eigenvalue weighted by Crippen LogP contribution is 2.36. The van der Waals surface area contributed by atoms with Crippen LogP contribution in [-0.4, -0.2) is 62.2 Å². The fraction of sp³-hybridized carbons (Fsp3) is 0.455. The van der Waals surface area contributed by atoms with Crippen LogP contribution in [-0.2, 0) is 6.18 Å². The highest BCUT2D eigenvalue weighted by atomic mass is 19.4. The molecule has 35 heavy (non-hydrogen) atoms. The Kier molecular flexibility index (Phi) is 5.82. The molecule has 3 aromatic heterocycles. The van der Waals surface area contributed by atoms with Crippen molar-refractivity contribution in [2.24, 2.45) is 0 Å². The minimum absolute atomic E-state index is 0.00468. The van der Waals surface area contributed by atoms with Crippen molar-refractivity contribution in [1.29, 1.82) is 0 Å². The molecule has 5 rings (SSSR count). The zero-order valence-electron chi connectivity index (χ0n) is 18.7. The van der Waals surface area contributed by atoms with Crippen molar-refractivity contribution in [2.75, 3.05) is 36.4 Å². The van der Waals surface area contributed by atoms with Gasteiger partial charge in [-0.15, -0.1) is 0 Å². The van der Waals surface area contributed by atoms with Crippen molar-refractivity contribution in [3.63, 3.8) is 0 Å². The van der Waals surface area contributed by atoms with Crippen LogP contribution in [0.25, 0.3) is 0 Å². The molecule has 2 fully saturated rings. The van der Waals surface area contributed by atoms with E-state index in [1.54, 1.807) is 12.3 Å². The summed E-state index contributed by atoms with van der Waals surface area (Å²) >= 11 is 0. The van der Waals surface area contributed by atoms with Gasteiger partial charge in [-0.3, -0.25) is 10.00 Å². The van der Waals surface area contributed by atoms with Crippen LogP contribution in [0.1, 0.15) is 42.3 Å². The van der Waals surface area contributed by atoms with Crippen molar-refractivity contribution in [1.82, 2.24) is 30.0 Å². The zero-order chi connectivity index (χ0) is 24.8. The van der Waals surface area contributed by atoms with Crippen LogP contribution < -0.4 is 10.2 Å². The maximum atomic E-state index is 13.5. The molecular formula is C22H23F5N8. The molecule has 0 aliphatic carbocycles. The highest BCUT2D eigenvalue weighted by Gasteiger charge is 2.45. The number of likely N-dealkylation sites (tertiary alicyclic amines) is 1. The third-order valence-corrected chi connectivity index (χ3v) is 6.34. The largest absolute Gasteiger partial charge is 0.416 e. The number of aromatic amines is 1. The first-order chi connectivity index (χ1) is 16.6. The van der Waals surface area contributed by atoms with Crippen LogP contribution in [0.5, 0.6) is 0 Å². The summed E-state index contributed by atoms with van der Waals surface area (Å²) in [7, 11) is 0. The molecule has 2 atom stereocenters. The number of halogens is 5. The third-order valence-electron chi connectivity index (χ3n) is 6.34. The summed E-state index contributed by atoms with van der Waals surface area (Å²) in [6.45, 7) is 2.49. The van der Waals surface area contributed by atoms with Crippen LogP contribution in [0.3, 0.4) is 0 Å². The van der Waals surface area contributed by atoms with Gasteiger partial charge in [-0.2, -0.15) is 23.3 Å². The van der Waals surface area contributed by atoms with E-state index in [2.05, 4.69) is 42.3 Å². The monoisotopic (exact) mass is 494 g/mol. The molecule has 0 saturated carbocycles. The average molecular weight is 494 g/mol. The molecule has 0 radical (unpaired) electrons. The van der Waals surface area contributed by atoms with Gasteiger partial charge in [-0.1, -0.05) is 0 Å². The fourth-order valence-corrected chi connectivity index (χ4v) is 4.40. The summed E-state index contributed by atoms with van der Waals surface area (Å²) in [5.74, 6) is -2.56. The van der Waals surface area contributed by atoms with Gasteiger partial charge in [0.05, 0.1) is 36.1 Å². The molecule has 0 amide bonds. The van der Waals surface area contributed by atoms with Gasteiger partial charge in [0, 0.05) is 30.9 Å². The number of anilines is 3. The van der Waals surface area contributed by atoms with E-state index < -0.39 is 30.8 Å². The molecule has 13 heteroatoms. The van der Waals surface area contributed by atoms with Crippen molar-refractivity contribution in [3.8, 4) is 0 Å². The molecule has 2 unspecified atom stereocenters. The molecule has 0 bridgehead atoms. The minimum Gasteiger partial charge on any atom is -0.329 e. The lowest BCUT2D eigenvalue weighted by Gasteiger charge is -2.38. The normalized spacial score (nSPS) is 21.1. The molecule has 0 spiro atoms. The van der Waals surface area contributed by atoms with E-state index in [9.17, 15) is 22.0 Å². The van der Waals surface area contributed by atoms with E-state index in [0.29, 0.717) is 12.2 Å². The first kappa shape index (κ1) is 23.4. The molecule has 186 valence electrons. The Morgan fingerprint density at radius 2 is 1.94 bits per heavy atom. The summed E-state index contributed by atoms with van der Waals surface area (Å²) in [5.41, 5.74) is 0.692. The molecule has 2 saturated heterocycles. The van der Waals surface area contributed by atoms with E-state index in [-0.39, 0.29) is 29.5 Å². The number of rotatable bonds is 6. The van der Waals surface area contributed by atoms with Crippen molar-refractivity contribution < 1.29 is 22.0 Å². The van der Waals surface area contributed by atoms with Crippen molar-refractivity contribution in [3.05, 3.63) is 53.6 Å². The van der Waals surface area contributed by atoms with E-state index in [4.69, 9.17) is 0 Å². The Hall–Kier alpha value is -3.35. The Morgan fingerprint density at radius 3 is 2.63 bits per heavy atom. The smallest absolute Gasteiger partial charge is 0.329 e. The van der Waals surface area contributed by atoms with Gasteiger partial charge in [0.1, 0.15) is 11.6 Å². The highest BCUT2D eigenvalue weighted by molar-refractivity contribution is 5.56. The molecule has 8 nitrogen and oxygen atoms in total. The Balaban J connectivity index is 1.40. The van der Waals surface area contributed by atoms with Crippen LogP contribution in [0.2, 0.25) is 0 Å². The summed E-state index contributed by atoms with van der Waals surface area (Å²) < 4.78 is 66.3. The van der Waals surface area contributed by atoms with E-state index in [0.717, 1.165) is 37.0 Å². The number of nitrogens with one attached hydrogen (secondary N) is 2. The van der Waals surface area contributed by atoms with Crippen LogP contribution >= 0.6 is 0 Å². The summed E-state index contributed by atoms with van der Waals surface area (Å²) in [5, 5.41) is 9.85. The summed E-state index contributed by atoms with van der Waals surface area (Å²) in [6.07, 6.45) is -0.931. The second-order valence-electron chi connectivity index (χ2n) is 8.90. The van der Waals surface area contributed by atoms with Gasteiger partial charge in [0.15, 0.2) is 0 Å². The number of nitrogens with zero attached hydrogens (tertiary/aromatic N) is 6. The fourth-order valence-electron chi connectivity index (χ4n) is 4.40. The maximum Gasteiger partial charge on any atom is 0.416 e. The van der Waals surface area contributed by atoms with Gasteiger partial charge < -0.3 is 10.2 Å². The van der Waals surface area contributed by atoms with E-state index >= 15 is 0 Å². The first-order valence-corrected chi connectivity index (χ1v) is 11.1. The molecular weight excluding hydrogens is 471 g/mol. The minimum atomic E-state index is -4.52. The number of hydrogen-bond donors (Lipinski definition) is 2. The Morgan fingerprint density at radius 1 is 1.14 bits per heavy atom. The Labute approximate surface area is 197 Å². The van der Waals surface area contributed by atoms with Crippen molar-refractivity contribution >= 4 is 17.6 Å². The molecule has 2 aliphatic rings. The van der Waals surface area contributed by atoms with Crippen LogP contribution in [0.4, 0.5) is 39.5 Å². The van der Waals surface area contributed by atoms with Crippen LogP contribution in [0.15, 0.2) is 36.7 Å². The molecule has 2 N–H and O–H groups in total. The lowest BCUT2D eigenvalue weighted by molar-refractivity contribution is -0.137. The van der Waals surface area contributed by atoms with Crippen molar-refractivity contribution in [2.45, 2.75) is 37.4 Å². The quantitative estimate of drug-likeness (QED) is 0.493. The predicted molar refractivity (Wildman–Crippen MR) is 118 cm³/mol. The number of H-pyrrole nitrogens is 1. The number of hydrogen-bond acceptors (Lipinski definition) is 7. The third kappa shape index (κ3) is 5.04. The van der Waals surface area contributed by atoms with Gasteiger partial charge >= 0.3 is 6.18 Å². The van der Waals surface area contributed by atoms with E-state index in [1.165, 1.54) is 4.90 Å². The lowest BCUT2D eigenvalue weighted by Crippen LogP contribution is -2.57. The second-order valence-corrected chi connectivity index (χ2v) is 8.90. The Bertz CT molecular complexity index is 1170. The standard InChI is InChI=1S/C22H23F5N8/c1-13(16-3-6-29-33-16)34-7-4-14(10-34)17-9-19(32-20(30-17)35-11-21(23,24)12-35)31-18-8-15(2-5-28-18)22(25,26)27/h2-3,5-6,8-9,13-14H,4,7,10-12H2,1H3,(H,29,33)(H,28,30,31,32). The number of alkyl halides is 5. The SMILES string of the molecule is CC(c1cc[nH]n1)N1CCC(c2cc(Nc3cc(C(F)(F)F)ccn3)nc(N3CC(F)(F)C3)n2)C1. The van der Waals surface area contributed by atoms with Gasteiger partial charge in [0.2, 0.25) is 5.95 Å². The van der Waals surface area contributed by atoms with Gasteiger partial charge in [0.25, 0.3) is 5.92 Å². The number of aromatic nitrogens is 5. The van der Waals surface area contributed by atoms with E-state index in [1.807, 2.05) is 6.07 Å². The topological polar surface area (TPSA) is 85.9 Å². The van der Waals surface area contributed by atoms with Gasteiger partial charge in [-0.05, 0) is 38.1 Å². The summed E-state index contributed by atoms with van der Waals surface area (Å²) in [6, 6.07) is 5.39. The average Bonchev–Trinajstić information content (AvgIpc) is 3.49.